The highest BCUT2D eigenvalue weighted by molar-refractivity contribution is 5.92. The molecule has 0 heterocycles. The quantitative estimate of drug-likeness (QED) is 0.703. The fourth-order valence-electron chi connectivity index (χ4n) is 2.20. The van der Waals surface area contributed by atoms with Crippen LogP contribution < -0.4 is 14.8 Å². The normalized spacial score (nSPS) is 10.6. The summed E-state index contributed by atoms with van der Waals surface area (Å²) in [5.41, 5.74) is 1.90. The molecule has 0 aliphatic heterocycles. The molecule has 0 aliphatic carbocycles. The number of carbonyl (C=O) groups is 1. The lowest BCUT2D eigenvalue weighted by molar-refractivity contribution is -0.118. The van der Waals surface area contributed by atoms with Crippen LogP contribution in [0.2, 0.25) is 0 Å². The molecule has 0 unspecified atom stereocenters. The monoisotopic (exact) mass is 343 g/mol. The van der Waals surface area contributed by atoms with Crippen LogP contribution in [0, 0.1) is 0 Å². The van der Waals surface area contributed by atoms with Crippen molar-refractivity contribution in [2.45, 2.75) is 19.8 Å². The van der Waals surface area contributed by atoms with Gasteiger partial charge in [-0.2, -0.15) is 0 Å². The lowest BCUT2D eigenvalue weighted by Gasteiger charge is -2.10. The summed E-state index contributed by atoms with van der Waals surface area (Å²) in [6, 6.07) is 15.0. The smallest absolute Gasteiger partial charge is 0.262 e. The summed E-state index contributed by atoms with van der Waals surface area (Å²) in [6.07, 6.45) is 0. The fourth-order valence-corrected chi connectivity index (χ4v) is 2.20. The van der Waals surface area contributed by atoms with Gasteiger partial charge in [0.15, 0.2) is 6.61 Å². The Labute approximate surface area is 148 Å². The van der Waals surface area contributed by atoms with E-state index in [9.17, 15) is 4.79 Å². The van der Waals surface area contributed by atoms with Gasteiger partial charge in [-0.05, 0) is 35.7 Å². The second kappa shape index (κ2) is 9.69. The summed E-state index contributed by atoms with van der Waals surface area (Å²) >= 11 is 0. The molecule has 5 nitrogen and oxygen atoms in total. The first kappa shape index (κ1) is 18.8. The third-order valence-corrected chi connectivity index (χ3v) is 3.59. The van der Waals surface area contributed by atoms with Crippen LogP contribution in [0.4, 0.5) is 5.69 Å². The average molecular weight is 343 g/mol. The third-order valence-electron chi connectivity index (χ3n) is 3.59. The van der Waals surface area contributed by atoms with Crippen molar-refractivity contribution in [3.8, 4) is 11.5 Å². The number of benzene rings is 2. The van der Waals surface area contributed by atoms with Crippen molar-refractivity contribution < 1.29 is 19.0 Å². The lowest BCUT2D eigenvalue weighted by atomic mass is 10.0. The van der Waals surface area contributed by atoms with Gasteiger partial charge in [0.25, 0.3) is 5.91 Å². The molecule has 5 heteroatoms. The van der Waals surface area contributed by atoms with Gasteiger partial charge in [0.1, 0.15) is 18.1 Å². The Morgan fingerprint density at radius 1 is 1.00 bits per heavy atom. The molecule has 0 spiro atoms. The van der Waals surface area contributed by atoms with E-state index in [4.69, 9.17) is 14.2 Å². The maximum Gasteiger partial charge on any atom is 0.262 e. The molecule has 25 heavy (non-hydrogen) atoms. The Bertz CT molecular complexity index is 668. The number of hydrogen-bond acceptors (Lipinski definition) is 4. The molecule has 0 fully saturated rings. The first-order valence-corrected chi connectivity index (χ1v) is 8.33. The molecule has 0 saturated heterocycles. The zero-order valence-electron chi connectivity index (χ0n) is 15.0. The second-order valence-corrected chi connectivity index (χ2v) is 5.93. The molecular formula is C20H25NO4. The fraction of sp³-hybridized carbons (Fsp3) is 0.350. The molecule has 2 aromatic carbocycles. The zero-order valence-corrected chi connectivity index (χ0v) is 15.0. The van der Waals surface area contributed by atoms with E-state index < -0.39 is 0 Å². The minimum absolute atomic E-state index is 0.0458. The minimum Gasteiger partial charge on any atom is -0.491 e. The predicted molar refractivity (Wildman–Crippen MR) is 98.5 cm³/mol. The highest BCUT2D eigenvalue weighted by atomic mass is 16.5. The van der Waals surface area contributed by atoms with Crippen LogP contribution in [0.15, 0.2) is 48.5 Å². The van der Waals surface area contributed by atoms with Gasteiger partial charge in [-0.1, -0.05) is 32.0 Å². The summed E-state index contributed by atoms with van der Waals surface area (Å²) in [5.74, 6) is 1.61. The summed E-state index contributed by atoms with van der Waals surface area (Å²) in [6.45, 7) is 5.20. The van der Waals surface area contributed by atoms with Gasteiger partial charge in [-0.3, -0.25) is 4.79 Å². The summed E-state index contributed by atoms with van der Waals surface area (Å²) < 4.78 is 16.0. The average Bonchev–Trinajstić information content (AvgIpc) is 2.61. The molecule has 0 aromatic heterocycles. The zero-order chi connectivity index (χ0) is 18.1. The van der Waals surface area contributed by atoms with Gasteiger partial charge >= 0.3 is 0 Å². The van der Waals surface area contributed by atoms with Gasteiger partial charge in [0.05, 0.1) is 6.61 Å². The van der Waals surface area contributed by atoms with E-state index in [1.54, 1.807) is 19.2 Å². The van der Waals surface area contributed by atoms with Gasteiger partial charge in [0, 0.05) is 18.9 Å². The van der Waals surface area contributed by atoms with E-state index in [2.05, 4.69) is 19.2 Å². The molecule has 0 atom stereocenters. The van der Waals surface area contributed by atoms with E-state index >= 15 is 0 Å². The Balaban J connectivity index is 1.82. The van der Waals surface area contributed by atoms with Gasteiger partial charge in [-0.25, -0.2) is 0 Å². The second-order valence-electron chi connectivity index (χ2n) is 5.93. The van der Waals surface area contributed by atoms with Crippen LogP contribution in [0.3, 0.4) is 0 Å². The van der Waals surface area contributed by atoms with Crippen molar-refractivity contribution in [3.05, 3.63) is 54.1 Å². The molecule has 0 radical (unpaired) electrons. The van der Waals surface area contributed by atoms with Crippen molar-refractivity contribution >= 4 is 11.6 Å². The maximum atomic E-state index is 12.0. The first-order chi connectivity index (χ1) is 12.1. The van der Waals surface area contributed by atoms with Crippen LogP contribution in [0.5, 0.6) is 11.5 Å². The molecular weight excluding hydrogens is 318 g/mol. The van der Waals surface area contributed by atoms with Gasteiger partial charge in [0.2, 0.25) is 0 Å². The van der Waals surface area contributed by atoms with Crippen LogP contribution in [0.25, 0.3) is 0 Å². The van der Waals surface area contributed by atoms with Gasteiger partial charge < -0.3 is 19.5 Å². The first-order valence-electron chi connectivity index (χ1n) is 8.33. The van der Waals surface area contributed by atoms with Crippen LogP contribution in [-0.4, -0.2) is 32.8 Å². The van der Waals surface area contributed by atoms with E-state index in [0.29, 0.717) is 36.3 Å². The van der Waals surface area contributed by atoms with E-state index in [0.717, 1.165) is 0 Å². The van der Waals surface area contributed by atoms with Crippen molar-refractivity contribution in [1.82, 2.24) is 0 Å². The SMILES string of the molecule is COCCOc1cccc(NC(=O)COc2ccc(C(C)C)cc2)c1. The van der Waals surface area contributed by atoms with E-state index in [1.165, 1.54) is 5.56 Å². The van der Waals surface area contributed by atoms with Crippen LogP contribution >= 0.6 is 0 Å². The number of hydrogen-bond donors (Lipinski definition) is 1. The standard InChI is InChI=1S/C20H25NO4/c1-15(2)16-7-9-18(10-8-16)25-14-20(22)21-17-5-4-6-19(13-17)24-12-11-23-3/h4-10,13,15H,11-12,14H2,1-3H3,(H,21,22). The number of amides is 1. The topological polar surface area (TPSA) is 56.8 Å². The van der Waals surface area contributed by atoms with Crippen molar-refractivity contribution in [3.63, 3.8) is 0 Å². The van der Waals surface area contributed by atoms with Crippen molar-refractivity contribution in [2.75, 3.05) is 32.2 Å². The highest BCUT2D eigenvalue weighted by Gasteiger charge is 2.06. The minimum atomic E-state index is -0.220. The number of nitrogens with one attached hydrogen (secondary N) is 1. The number of ether oxygens (including phenoxy) is 3. The predicted octanol–water partition coefficient (Wildman–Crippen LogP) is 3.85. The molecule has 1 amide bonds. The largest absolute Gasteiger partial charge is 0.491 e. The Hall–Kier alpha value is -2.53. The molecule has 134 valence electrons. The molecule has 0 aliphatic rings. The summed E-state index contributed by atoms with van der Waals surface area (Å²) in [5, 5.41) is 2.80. The summed E-state index contributed by atoms with van der Waals surface area (Å²) in [4.78, 5) is 12.0. The molecule has 2 rings (SSSR count). The molecule has 2 aromatic rings. The van der Waals surface area contributed by atoms with E-state index in [-0.39, 0.29) is 12.5 Å². The maximum absolute atomic E-state index is 12.0. The number of rotatable bonds is 9. The van der Waals surface area contributed by atoms with Crippen molar-refractivity contribution in [1.29, 1.82) is 0 Å². The van der Waals surface area contributed by atoms with Crippen LogP contribution in [-0.2, 0) is 9.53 Å². The third kappa shape index (κ3) is 6.47. The number of anilines is 1. The number of methoxy groups -OCH3 is 1. The summed E-state index contributed by atoms with van der Waals surface area (Å²) in [7, 11) is 1.62. The lowest BCUT2D eigenvalue weighted by Crippen LogP contribution is -2.20. The van der Waals surface area contributed by atoms with Crippen molar-refractivity contribution in [2.24, 2.45) is 0 Å². The molecule has 0 saturated carbocycles. The van der Waals surface area contributed by atoms with Crippen LogP contribution in [0.1, 0.15) is 25.3 Å². The Kier molecular flexibility index (Phi) is 7.29. The van der Waals surface area contributed by atoms with E-state index in [1.807, 2.05) is 36.4 Å². The van der Waals surface area contributed by atoms with Gasteiger partial charge in [-0.15, -0.1) is 0 Å². The highest BCUT2D eigenvalue weighted by Crippen LogP contribution is 2.19. The number of carbonyl (C=O) groups excluding carboxylic acids is 1. The Morgan fingerprint density at radius 2 is 1.76 bits per heavy atom. The Morgan fingerprint density at radius 3 is 2.44 bits per heavy atom. The molecule has 1 N–H and O–H groups in total. The molecule has 0 bridgehead atoms.